The van der Waals surface area contributed by atoms with Crippen LogP contribution in [0.3, 0.4) is 0 Å². The molecule has 0 bridgehead atoms. The molecule has 0 aromatic heterocycles. The van der Waals surface area contributed by atoms with Gasteiger partial charge < -0.3 is 16.2 Å². The van der Waals surface area contributed by atoms with Gasteiger partial charge in [-0.15, -0.1) is 0 Å². The van der Waals surface area contributed by atoms with Gasteiger partial charge in [-0.3, -0.25) is 4.79 Å². The maximum Gasteiger partial charge on any atom is 0.329 e. The highest BCUT2D eigenvalue weighted by Gasteiger charge is 2.42. The van der Waals surface area contributed by atoms with Gasteiger partial charge in [-0.05, 0) is 49.3 Å². The fourth-order valence-corrected chi connectivity index (χ4v) is 2.73. The quantitative estimate of drug-likeness (QED) is 0.789. The Bertz CT molecular complexity index is 517. The Hall–Kier alpha value is -1.88. The largest absolute Gasteiger partial charge is 0.480 e. The van der Waals surface area contributed by atoms with Gasteiger partial charge in [0.2, 0.25) is 0 Å². The molecule has 5 nitrogen and oxygen atoms in total. The number of carboxylic acids is 1. The first-order valence-corrected chi connectivity index (χ1v) is 7.32. The number of hydrogen-bond acceptors (Lipinski definition) is 3. The first kappa shape index (κ1) is 15.5. The molecule has 0 aliphatic heterocycles. The van der Waals surface area contributed by atoms with E-state index in [1.54, 1.807) is 24.3 Å². The molecule has 0 unspecified atom stereocenters. The van der Waals surface area contributed by atoms with Crippen molar-refractivity contribution in [2.75, 3.05) is 0 Å². The summed E-state index contributed by atoms with van der Waals surface area (Å²) in [5.74, 6) is -0.768. The molecule has 114 valence electrons. The minimum Gasteiger partial charge on any atom is -0.480 e. The molecular weight excluding hydrogens is 268 g/mol. The number of carbonyl (C=O) groups excluding carboxylic acids is 1. The van der Waals surface area contributed by atoms with Crippen molar-refractivity contribution in [1.82, 2.24) is 5.32 Å². The van der Waals surface area contributed by atoms with Crippen LogP contribution in [0.2, 0.25) is 0 Å². The smallest absolute Gasteiger partial charge is 0.329 e. The minimum atomic E-state index is -1.13. The summed E-state index contributed by atoms with van der Waals surface area (Å²) in [5, 5.41) is 12.3. The SMILES string of the molecule is CC1CCC(NC(=O)c2ccc(CN)cc2)(C(=O)O)CC1. The van der Waals surface area contributed by atoms with E-state index in [1.807, 2.05) is 0 Å². The van der Waals surface area contributed by atoms with Crippen LogP contribution in [0.5, 0.6) is 0 Å². The van der Waals surface area contributed by atoms with Gasteiger partial charge in [0.15, 0.2) is 0 Å². The Morgan fingerprint density at radius 3 is 2.33 bits per heavy atom. The molecule has 1 saturated carbocycles. The second-order valence-electron chi connectivity index (χ2n) is 5.92. The van der Waals surface area contributed by atoms with Gasteiger partial charge in [0.25, 0.3) is 5.91 Å². The van der Waals surface area contributed by atoms with Crippen LogP contribution in [0.1, 0.15) is 48.5 Å². The van der Waals surface area contributed by atoms with Crippen LogP contribution in [0.25, 0.3) is 0 Å². The van der Waals surface area contributed by atoms with Gasteiger partial charge in [0, 0.05) is 12.1 Å². The number of nitrogens with one attached hydrogen (secondary N) is 1. The van der Waals surface area contributed by atoms with E-state index in [0.29, 0.717) is 30.9 Å². The van der Waals surface area contributed by atoms with E-state index in [4.69, 9.17) is 5.73 Å². The number of hydrogen-bond donors (Lipinski definition) is 3. The second-order valence-corrected chi connectivity index (χ2v) is 5.92. The van der Waals surface area contributed by atoms with Crippen molar-refractivity contribution in [1.29, 1.82) is 0 Å². The van der Waals surface area contributed by atoms with E-state index in [9.17, 15) is 14.7 Å². The molecule has 1 aromatic carbocycles. The predicted octanol–water partition coefficient (Wildman–Crippen LogP) is 1.91. The summed E-state index contributed by atoms with van der Waals surface area (Å²) < 4.78 is 0. The van der Waals surface area contributed by atoms with E-state index in [-0.39, 0.29) is 5.91 Å². The monoisotopic (exact) mass is 290 g/mol. The Morgan fingerprint density at radius 2 is 1.86 bits per heavy atom. The third-order valence-corrected chi connectivity index (χ3v) is 4.34. The van der Waals surface area contributed by atoms with Crippen molar-refractivity contribution in [2.45, 2.75) is 44.7 Å². The van der Waals surface area contributed by atoms with Crippen molar-refractivity contribution in [3.8, 4) is 0 Å². The Kier molecular flexibility index (Phi) is 4.63. The fraction of sp³-hybridized carbons (Fsp3) is 0.500. The number of benzene rings is 1. The average molecular weight is 290 g/mol. The van der Waals surface area contributed by atoms with E-state index in [2.05, 4.69) is 12.2 Å². The molecule has 0 radical (unpaired) electrons. The molecule has 4 N–H and O–H groups in total. The van der Waals surface area contributed by atoms with Gasteiger partial charge in [-0.2, -0.15) is 0 Å². The van der Waals surface area contributed by atoms with Crippen LogP contribution in [-0.2, 0) is 11.3 Å². The molecular formula is C16H22N2O3. The molecule has 0 spiro atoms. The average Bonchev–Trinajstić information content (AvgIpc) is 2.49. The zero-order valence-electron chi connectivity index (χ0n) is 12.3. The summed E-state index contributed by atoms with van der Waals surface area (Å²) in [7, 11) is 0. The van der Waals surface area contributed by atoms with Crippen molar-refractivity contribution >= 4 is 11.9 Å². The van der Waals surface area contributed by atoms with Gasteiger partial charge in [-0.25, -0.2) is 4.79 Å². The number of carbonyl (C=O) groups is 2. The van der Waals surface area contributed by atoms with Crippen molar-refractivity contribution in [2.24, 2.45) is 11.7 Å². The first-order valence-electron chi connectivity index (χ1n) is 7.32. The Labute approximate surface area is 124 Å². The number of amides is 1. The van der Waals surface area contributed by atoms with E-state index >= 15 is 0 Å². The second kappa shape index (κ2) is 6.26. The third-order valence-electron chi connectivity index (χ3n) is 4.34. The summed E-state index contributed by atoms with van der Waals surface area (Å²) >= 11 is 0. The normalized spacial score (nSPS) is 25.3. The van der Waals surface area contributed by atoms with Crippen molar-refractivity contribution in [3.05, 3.63) is 35.4 Å². The molecule has 1 fully saturated rings. The topological polar surface area (TPSA) is 92.4 Å². The number of rotatable bonds is 4. The van der Waals surface area contributed by atoms with Gasteiger partial charge in [0.05, 0.1) is 0 Å². The zero-order valence-corrected chi connectivity index (χ0v) is 12.3. The molecule has 1 aliphatic carbocycles. The molecule has 1 aliphatic rings. The van der Waals surface area contributed by atoms with Crippen LogP contribution < -0.4 is 11.1 Å². The lowest BCUT2D eigenvalue weighted by Crippen LogP contribution is -2.56. The van der Waals surface area contributed by atoms with Gasteiger partial charge in [0.1, 0.15) is 5.54 Å². The van der Waals surface area contributed by atoms with Gasteiger partial charge in [-0.1, -0.05) is 19.1 Å². The van der Waals surface area contributed by atoms with Crippen LogP contribution in [0.4, 0.5) is 0 Å². The van der Waals surface area contributed by atoms with Gasteiger partial charge >= 0.3 is 5.97 Å². The summed E-state index contributed by atoms with van der Waals surface area (Å²) in [6.07, 6.45) is 2.60. The maximum absolute atomic E-state index is 12.3. The van der Waals surface area contributed by atoms with Crippen molar-refractivity contribution in [3.63, 3.8) is 0 Å². The zero-order chi connectivity index (χ0) is 15.5. The third kappa shape index (κ3) is 3.42. The molecule has 1 amide bonds. The molecule has 0 saturated heterocycles. The molecule has 5 heteroatoms. The van der Waals surface area contributed by atoms with Crippen molar-refractivity contribution < 1.29 is 14.7 Å². The lowest BCUT2D eigenvalue weighted by Gasteiger charge is -2.36. The number of carboxylic acid groups (broad SMARTS) is 1. The molecule has 2 rings (SSSR count). The lowest BCUT2D eigenvalue weighted by atomic mass is 9.77. The number of nitrogens with two attached hydrogens (primary N) is 1. The highest BCUT2D eigenvalue weighted by Crippen LogP contribution is 2.32. The maximum atomic E-state index is 12.3. The fourth-order valence-electron chi connectivity index (χ4n) is 2.73. The molecule has 1 aromatic rings. The molecule has 0 atom stereocenters. The predicted molar refractivity (Wildman–Crippen MR) is 79.8 cm³/mol. The summed E-state index contributed by atoms with van der Waals surface area (Å²) in [6.45, 7) is 2.53. The highest BCUT2D eigenvalue weighted by atomic mass is 16.4. The van der Waals surface area contributed by atoms with E-state index in [1.165, 1.54) is 0 Å². The van der Waals surface area contributed by atoms with Crippen LogP contribution in [0, 0.1) is 5.92 Å². The molecule has 0 heterocycles. The lowest BCUT2D eigenvalue weighted by molar-refractivity contribution is -0.146. The first-order chi connectivity index (χ1) is 9.97. The Balaban J connectivity index is 2.12. The van der Waals surface area contributed by atoms with Crippen LogP contribution in [-0.4, -0.2) is 22.5 Å². The highest BCUT2D eigenvalue weighted by molar-refractivity contribution is 5.97. The summed E-state index contributed by atoms with van der Waals surface area (Å²) in [6, 6.07) is 6.92. The van der Waals surface area contributed by atoms with Crippen LogP contribution >= 0.6 is 0 Å². The summed E-state index contributed by atoms with van der Waals surface area (Å²) in [5.41, 5.74) is 5.79. The minimum absolute atomic E-state index is 0.337. The molecule has 21 heavy (non-hydrogen) atoms. The van der Waals surface area contributed by atoms with E-state index < -0.39 is 11.5 Å². The standard InChI is InChI=1S/C16H22N2O3/c1-11-6-8-16(9-7-11,15(20)21)18-14(19)13-4-2-12(10-17)3-5-13/h2-5,11H,6-10,17H2,1H3,(H,18,19)(H,20,21). The van der Waals surface area contributed by atoms with Crippen LogP contribution in [0.15, 0.2) is 24.3 Å². The Morgan fingerprint density at radius 1 is 1.29 bits per heavy atom. The van der Waals surface area contributed by atoms with E-state index in [0.717, 1.165) is 18.4 Å². The summed E-state index contributed by atoms with van der Waals surface area (Å²) in [4.78, 5) is 23.9. The number of aliphatic carboxylic acids is 1.